The lowest BCUT2D eigenvalue weighted by Crippen LogP contribution is -2.23. The van der Waals surface area contributed by atoms with Crippen LogP contribution in [0.3, 0.4) is 0 Å². The summed E-state index contributed by atoms with van der Waals surface area (Å²) in [7, 11) is 0. The van der Waals surface area contributed by atoms with E-state index in [1.54, 1.807) is 0 Å². The van der Waals surface area contributed by atoms with E-state index in [1.807, 2.05) is 38.1 Å². The van der Waals surface area contributed by atoms with Gasteiger partial charge in [0.25, 0.3) is 0 Å². The first-order chi connectivity index (χ1) is 11.6. The molecule has 2 aromatic carbocycles. The average molecular weight is 328 g/mol. The molecule has 3 rings (SSSR count). The van der Waals surface area contributed by atoms with E-state index in [9.17, 15) is 8.78 Å². The highest BCUT2D eigenvalue weighted by atomic mass is 19.1. The van der Waals surface area contributed by atoms with E-state index in [1.165, 1.54) is 12.1 Å². The van der Waals surface area contributed by atoms with Crippen LogP contribution in [0.2, 0.25) is 0 Å². The molecule has 0 unspecified atom stereocenters. The minimum Gasteiger partial charge on any atom is -0.356 e. The molecule has 0 saturated carbocycles. The number of nitrogens with one attached hydrogen (secondary N) is 1. The lowest BCUT2D eigenvalue weighted by molar-refractivity contribution is 0.586. The molecule has 124 valence electrons. The van der Waals surface area contributed by atoms with E-state index in [2.05, 4.69) is 20.2 Å². The third kappa shape index (κ3) is 3.13. The number of halogens is 2. The zero-order chi connectivity index (χ0) is 17.1. The van der Waals surface area contributed by atoms with Gasteiger partial charge in [-0.25, -0.2) is 13.8 Å². The molecule has 0 radical (unpaired) electrons. The standard InChI is InChI=1S/C18H18F2N4/c1-3-24(4-2)17-13-7-5-6-8-15(13)21-18(23-17)22-16-10-9-12(19)11-14(16)20/h5-11H,3-4H2,1-2H3,(H,21,22,23). The van der Waals surface area contributed by atoms with Gasteiger partial charge >= 0.3 is 0 Å². The van der Waals surface area contributed by atoms with Crippen molar-refractivity contribution in [3.05, 3.63) is 54.1 Å². The third-order valence-corrected chi connectivity index (χ3v) is 3.82. The van der Waals surface area contributed by atoms with Gasteiger partial charge in [-0.15, -0.1) is 0 Å². The lowest BCUT2D eigenvalue weighted by Gasteiger charge is -2.22. The maximum atomic E-state index is 13.9. The van der Waals surface area contributed by atoms with Gasteiger partial charge in [-0.2, -0.15) is 4.98 Å². The minimum atomic E-state index is -0.684. The summed E-state index contributed by atoms with van der Waals surface area (Å²) < 4.78 is 26.9. The highest BCUT2D eigenvalue weighted by molar-refractivity contribution is 5.90. The first kappa shape index (κ1) is 16.1. The molecule has 0 aliphatic rings. The van der Waals surface area contributed by atoms with Crippen LogP contribution < -0.4 is 10.2 Å². The molecule has 3 aromatic rings. The molecule has 0 fully saturated rings. The van der Waals surface area contributed by atoms with Crippen LogP contribution in [0.25, 0.3) is 10.9 Å². The van der Waals surface area contributed by atoms with Gasteiger partial charge < -0.3 is 10.2 Å². The largest absolute Gasteiger partial charge is 0.356 e. The molecule has 0 bridgehead atoms. The molecule has 0 atom stereocenters. The van der Waals surface area contributed by atoms with Crippen LogP contribution >= 0.6 is 0 Å². The Morgan fingerprint density at radius 1 is 1.00 bits per heavy atom. The average Bonchev–Trinajstić information content (AvgIpc) is 2.58. The van der Waals surface area contributed by atoms with Crippen LogP contribution in [-0.4, -0.2) is 23.1 Å². The van der Waals surface area contributed by atoms with Crippen molar-refractivity contribution < 1.29 is 8.78 Å². The Morgan fingerprint density at radius 2 is 1.75 bits per heavy atom. The molecule has 0 aliphatic heterocycles. The molecule has 6 heteroatoms. The van der Waals surface area contributed by atoms with Crippen LogP contribution in [0.15, 0.2) is 42.5 Å². The van der Waals surface area contributed by atoms with Crippen LogP contribution in [-0.2, 0) is 0 Å². The summed E-state index contributed by atoms with van der Waals surface area (Å²) >= 11 is 0. The highest BCUT2D eigenvalue weighted by Gasteiger charge is 2.13. The molecule has 0 saturated heterocycles. The number of hydrogen-bond acceptors (Lipinski definition) is 4. The van der Waals surface area contributed by atoms with E-state index in [4.69, 9.17) is 0 Å². The van der Waals surface area contributed by atoms with Gasteiger partial charge in [0.1, 0.15) is 17.5 Å². The molecule has 0 spiro atoms. The Kier molecular flexibility index (Phi) is 4.55. The Balaban J connectivity index is 2.08. The van der Waals surface area contributed by atoms with Gasteiger partial charge in [-0.1, -0.05) is 12.1 Å². The van der Waals surface area contributed by atoms with Crippen LogP contribution in [0.1, 0.15) is 13.8 Å². The van der Waals surface area contributed by atoms with E-state index in [0.717, 1.165) is 35.9 Å². The summed E-state index contributed by atoms with van der Waals surface area (Å²) in [4.78, 5) is 11.1. The number of hydrogen-bond donors (Lipinski definition) is 1. The molecule has 1 aromatic heterocycles. The quantitative estimate of drug-likeness (QED) is 0.749. The van der Waals surface area contributed by atoms with Crippen molar-refractivity contribution in [1.29, 1.82) is 0 Å². The van der Waals surface area contributed by atoms with Gasteiger partial charge in [0, 0.05) is 24.5 Å². The summed E-state index contributed by atoms with van der Waals surface area (Å²) in [6, 6.07) is 11.0. The fraction of sp³-hybridized carbons (Fsp3) is 0.222. The second kappa shape index (κ2) is 6.78. The molecule has 1 N–H and O–H groups in total. The van der Waals surface area contributed by atoms with E-state index >= 15 is 0 Å². The van der Waals surface area contributed by atoms with Crippen LogP contribution in [0, 0.1) is 11.6 Å². The number of fused-ring (bicyclic) bond motifs is 1. The number of aromatic nitrogens is 2. The Hall–Kier alpha value is -2.76. The van der Waals surface area contributed by atoms with E-state index in [0.29, 0.717) is 0 Å². The minimum absolute atomic E-state index is 0.136. The van der Waals surface area contributed by atoms with E-state index < -0.39 is 11.6 Å². The summed E-state index contributed by atoms with van der Waals surface area (Å²) in [6.07, 6.45) is 0. The Labute approximate surface area is 139 Å². The summed E-state index contributed by atoms with van der Waals surface area (Å²) in [6.45, 7) is 5.68. The number of para-hydroxylation sites is 1. The zero-order valence-corrected chi connectivity index (χ0v) is 13.6. The molecular formula is C18H18F2N4. The SMILES string of the molecule is CCN(CC)c1nc(Nc2ccc(F)cc2F)nc2ccccc12. The number of rotatable bonds is 5. The van der Waals surface area contributed by atoms with E-state index in [-0.39, 0.29) is 11.6 Å². The molecule has 0 amide bonds. The topological polar surface area (TPSA) is 41.1 Å². The zero-order valence-electron chi connectivity index (χ0n) is 13.6. The van der Waals surface area contributed by atoms with Crippen LogP contribution in [0.5, 0.6) is 0 Å². The smallest absolute Gasteiger partial charge is 0.229 e. The maximum Gasteiger partial charge on any atom is 0.229 e. The molecule has 24 heavy (non-hydrogen) atoms. The Morgan fingerprint density at radius 3 is 2.46 bits per heavy atom. The fourth-order valence-electron chi connectivity index (χ4n) is 2.59. The first-order valence-electron chi connectivity index (χ1n) is 7.86. The van der Waals surface area contributed by atoms with Crippen molar-refractivity contribution in [3.63, 3.8) is 0 Å². The van der Waals surface area contributed by atoms with Crippen molar-refractivity contribution in [2.45, 2.75) is 13.8 Å². The monoisotopic (exact) mass is 328 g/mol. The first-order valence-corrected chi connectivity index (χ1v) is 7.86. The van der Waals surface area contributed by atoms with Gasteiger partial charge in [-0.3, -0.25) is 0 Å². The molecule has 4 nitrogen and oxygen atoms in total. The van der Waals surface area contributed by atoms with Crippen molar-refractivity contribution in [3.8, 4) is 0 Å². The van der Waals surface area contributed by atoms with Gasteiger partial charge in [0.05, 0.1) is 11.2 Å². The fourth-order valence-corrected chi connectivity index (χ4v) is 2.59. The van der Waals surface area contributed by atoms with Crippen molar-refractivity contribution >= 4 is 28.4 Å². The second-order valence-corrected chi connectivity index (χ2v) is 5.31. The third-order valence-electron chi connectivity index (χ3n) is 3.82. The highest BCUT2D eigenvalue weighted by Crippen LogP contribution is 2.27. The van der Waals surface area contributed by atoms with Crippen LogP contribution in [0.4, 0.5) is 26.2 Å². The van der Waals surface area contributed by atoms with Gasteiger partial charge in [0.2, 0.25) is 5.95 Å². The van der Waals surface area contributed by atoms with Crippen molar-refractivity contribution in [2.24, 2.45) is 0 Å². The summed E-state index contributed by atoms with van der Waals surface area (Å²) in [5, 5.41) is 3.78. The predicted octanol–water partition coefficient (Wildman–Crippen LogP) is 4.50. The maximum absolute atomic E-state index is 13.9. The number of nitrogens with zero attached hydrogens (tertiary/aromatic N) is 3. The van der Waals surface area contributed by atoms with Gasteiger partial charge in [-0.05, 0) is 38.1 Å². The molecule has 1 heterocycles. The summed E-state index contributed by atoms with van der Waals surface area (Å²) in [5.41, 5.74) is 0.900. The summed E-state index contributed by atoms with van der Waals surface area (Å²) in [5.74, 6) is -0.241. The van der Waals surface area contributed by atoms with Crippen molar-refractivity contribution in [2.75, 3.05) is 23.3 Å². The number of anilines is 3. The van der Waals surface area contributed by atoms with Crippen molar-refractivity contribution in [1.82, 2.24) is 9.97 Å². The predicted molar refractivity (Wildman–Crippen MR) is 92.7 cm³/mol. The normalized spacial score (nSPS) is 10.8. The molecule has 0 aliphatic carbocycles. The van der Waals surface area contributed by atoms with Gasteiger partial charge in [0.15, 0.2) is 0 Å². The molecular weight excluding hydrogens is 310 g/mol. The Bertz CT molecular complexity index is 863. The lowest BCUT2D eigenvalue weighted by atomic mass is 10.2. The number of benzene rings is 2. The second-order valence-electron chi connectivity index (χ2n) is 5.31.